The van der Waals surface area contributed by atoms with Crippen molar-refractivity contribution in [2.24, 2.45) is 0 Å². The average Bonchev–Trinajstić information content (AvgIpc) is 1.99. The van der Waals surface area contributed by atoms with E-state index in [0.717, 1.165) is 0 Å². The number of pyridine rings is 1. The maximum atomic E-state index is 11.9. The Kier molecular flexibility index (Phi) is 2.84. The second kappa shape index (κ2) is 3.77. The van der Waals surface area contributed by atoms with Crippen LogP contribution < -0.4 is 4.74 Å². The summed E-state index contributed by atoms with van der Waals surface area (Å²) in [5.74, 6) is -0.692. The molecule has 0 unspecified atom stereocenters. The van der Waals surface area contributed by atoms with Crippen molar-refractivity contribution in [3.8, 4) is 11.9 Å². The number of ether oxygens (including phenoxy) is 1. The highest BCUT2D eigenvalue weighted by Gasteiger charge is 2.33. The van der Waals surface area contributed by atoms with Gasteiger partial charge in [0.2, 0.25) is 5.88 Å². The van der Waals surface area contributed by atoms with E-state index in [1.165, 1.54) is 19.9 Å². The molecule has 3 nitrogen and oxygen atoms in total. The fraction of sp³-hybridized carbons (Fsp3) is 0.333. The Balaban J connectivity index is 3.23. The van der Waals surface area contributed by atoms with Crippen LogP contribution in [0.25, 0.3) is 0 Å². The van der Waals surface area contributed by atoms with Gasteiger partial charge >= 0.3 is 6.36 Å². The molecular formula is C9H7F3N2O. The summed E-state index contributed by atoms with van der Waals surface area (Å²) < 4.78 is 39.5. The molecule has 80 valence electrons. The van der Waals surface area contributed by atoms with Crippen LogP contribution >= 0.6 is 0 Å². The van der Waals surface area contributed by atoms with E-state index in [0.29, 0.717) is 11.3 Å². The first-order valence-corrected chi connectivity index (χ1v) is 3.97. The summed E-state index contributed by atoms with van der Waals surface area (Å²) in [6, 6.07) is 3.14. The highest BCUT2D eigenvalue weighted by Crippen LogP contribution is 2.26. The molecule has 0 bridgehead atoms. The average molecular weight is 216 g/mol. The SMILES string of the molecule is Cc1cc(C)c(C#N)c(OC(F)(F)F)n1. The van der Waals surface area contributed by atoms with Gasteiger partial charge in [-0.15, -0.1) is 13.2 Å². The van der Waals surface area contributed by atoms with Gasteiger partial charge in [-0.2, -0.15) is 5.26 Å². The normalized spacial score (nSPS) is 10.9. The number of nitrogens with zero attached hydrogens (tertiary/aromatic N) is 2. The molecular weight excluding hydrogens is 209 g/mol. The van der Waals surface area contributed by atoms with Gasteiger partial charge in [-0.1, -0.05) is 0 Å². The Morgan fingerprint density at radius 3 is 2.47 bits per heavy atom. The third-order valence-corrected chi connectivity index (χ3v) is 1.64. The number of nitriles is 1. The molecule has 0 saturated carbocycles. The standard InChI is InChI=1S/C9H7F3N2O/c1-5-3-6(2)14-8(7(5)4-13)15-9(10,11)12/h3H,1-2H3. The smallest absolute Gasteiger partial charge is 0.386 e. The van der Waals surface area contributed by atoms with E-state index in [2.05, 4.69) is 9.72 Å². The van der Waals surface area contributed by atoms with Crippen molar-refractivity contribution in [2.45, 2.75) is 20.2 Å². The number of hydrogen-bond donors (Lipinski definition) is 0. The van der Waals surface area contributed by atoms with Crippen LogP contribution in [0.3, 0.4) is 0 Å². The quantitative estimate of drug-likeness (QED) is 0.724. The molecule has 0 radical (unpaired) electrons. The Hall–Kier alpha value is -1.77. The van der Waals surface area contributed by atoms with Crippen molar-refractivity contribution >= 4 is 0 Å². The maximum absolute atomic E-state index is 11.9. The van der Waals surface area contributed by atoms with Gasteiger partial charge in [0.15, 0.2) is 0 Å². The summed E-state index contributed by atoms with van der Waals surface area (Å²) in [6.07, 6.45) is -4.83. The van der Waals surface area contributed by atoms with Gasteiger partial charge in [-0.25, -0.2) is 4.98 Å². The predicted molar refractivity (Wildman–Crippen MR) is 45.1 cm³/mol. The number of aromatic nitrogens is 1. The molecule has 0 N–H and O–H groups in total. The minimum Gasteiger partial charge on any atom is -0.386 e. The zero-order valence-electron chi connectivity index (χ0n) is 8.01. The molecule has 0 spiro atoms. The van der Waals surface area contributed by atoms with Crippen molar-refractivity contribution in [3.05, 3.63) is 22.9 Å². The monoisotopic (exact) mass is 216 g/mol. The third-order valence-electron chi connectivity index (χ3n) is 1.64. The molecule has 0 aliphatic heterocycles. The molecule has 0 aliphatic carbocycles. The maximum Gasteiger partial charge on any atom is 0.574 e. The molecule has 0 aliphatic rings. The Morgan fingerprint density at radius 2 is 2.00 bits per heavy atom. The molecule has 0 fully saturated rings. The van der Waals surface area contributed by atoms with Gasteiger partial charge in [0.05, 0.1) is 0 Å². The van der Waals surface area contributed by atoms with Crippen molar-refractivity contribution < 1.29 is 17.9 Å². The summed E-state index contributed by atoms with van der Waals surface area (Å²) in [5.41, 5.74) is 0.577. The van der Waals surface area contributed by atoms with Crippen molar-refractivity contribution in [3.63, 3.8) is 0 Å². The predicted octanol–water partition coefficient (Wildman–Crippen LogP) is 2.47. The minimum atomic E-state index is -4.83. The van der Waals surface area contributed by atoms with Crippen LogP contribution in [0.4, 0.5) is 13.2 Å². The lowest BCUT2D eigenvalue weighted by Crippen LogP contribution is -2.19. The van der Waals surface area contributed by atoms with Crippen molar-refractivity contribution in [1.82, 2.24) is 4.98 Å². The largest absolute Gasteiger partial charge is 0.574 e. The zero-order valence-corrected chi connectivity index (χ0v) is 8.01. The number of aryl methyl sites for hydroxylation is 2. The summed E-state index contributed by atoms with van der Waals surface area (Å²) in [7, 11) is 0. The molecule has 0 aromatic carbocycles. The fourth-order valence-electron chi connectivity index (χ4n) is 1.12. The van der Waals surface area contributed by atoms with Crippen LogP contribution in [0.15, 0.2) is 6.07 Å². The zero-order chi connectivity index (χ0) is 11.6. The van der Waals surface area contributed by atoms with Gasteiger partial charge < -0.3 is 4.74 Å². The van der Waals surface area contributed by atoms with Gasteiger partial charge in [-0.05, 0) is 25.5 Å². The third kappa shape index (κ3) is 2.84. The minimum absolute atomic E-state index is 0.196. The number of rotatable bonds is 1. The summed E-state index contributed by atoms with van der Waals surface area (Å²) in [4.78, 5) is 3.53. The number of hydrogen-bond acceptors (Lipinski definition) is 3. The lowest BCUT2D eigenvalue weighted by atomic mass is 10.1. The summed E-state index contributed by atoms with van der Waals surface area (Å²) in [6.45, 7) is 3.05. The molecule has 0 saturated heterocycles. The van der Waals surface area contributed by atoms with Crippen molar-refractivity contribution in [2.75, 3.05) is 0 Å². The van der Waals surface area contributed by atoms with E-state index in [1.807, 2.05) is 0 Å². The van der Waals surface area contributed by atoms with E-state index in [9.17, 15) is 13.2 Å². The molecule has 15 heavy (non-hydrogen) atoms. The van der Waals surface area contributed by atoms with Gasteiger partial charge in [-0.3, -0.25) is 0 Å². The van der Waals surface area contributed by atoms with Crippen LogP contribution in [0, 0.1) is 25.2 Å². The second-order valence-corrected chi connectivity index (χ2v) is 2.92. The topological polar surface area (TPSA) is 45.9 Å². The Bertz CT molecular complexity index is 421. The first kappa shape index (κ1) is 11.3. The molecule has 1 heterocycles. The van der Waals surface area contributed by atoms with Gasteiger partial charge in [0, 0.05) is 5.69 Å². The summed E-state index contributed by atoms with van der Waals surface area (Å²) >= 11 is 0. The molecule has 1 rings (SSSR count). The van der Waals surface area contributed by atoms with Gasteiger partial charge in [0.1, 0.15) is 11.6 Å². The highest BCUT2D eigenvalue weighted by molar-refractivity contribution is 5.45. The second-order valence-electron chi connectivity index (χ2n) is 2.92. The van der Waals surface area contributed by atoms with E-state index >= 15 is 0 Å². The van der Waals surface area contributed by atoms with Gasteiger partial charge in [0.25, 0.3) is 0 Å². The number of alkyl halides is 3. The molecule has 0 amide bonds. The number of halogens is 3. The van der Waals surface area contributed by atoms with Crippen LogP contribution in [-0.2, 0) is 0 Å². The molecule has 6 heteroatoms. The van der Waals surface area contributed by atoms with E-state index in [-0.39, 0.29) is 5.56 Å². The van der Waals surface area contributed by atoms with Crippen LogP contribution in [0.5, 0.6) is 5.88 Å². The molecule has 0 atom stereocenters. The lowest BCUT2D eigenvalue weighted by molar-refractivity contribution is -0.276. The van der Waals surface area contributed by atoms with E-state index < -0.39 is 12.2 Å². The first-order chi connectivity index (χ1) is 6.83. The van der Waals surface area contributed by atoms with E-state index in [1.54, 1.807) is 6.07 Å². The van der Waals surface area contributed by atoms with Crippen LogP contribution in [-0.4, -0.2) is 11.3 Å². The fourth-order valence-corrected chi connectivity index (χ4v) is 1.12. The highest BCUT2D eigenvalue weighted by atomic mass is 19.4. The van der Waals surface area contributed by atoms with Crippen LogP contribution in [0.1, 0.15) is 16.8 Å². The first-order valence-electron chi connectivity index (χ1n) is 3.97. The molecule has 1 aromatic rings. The Labute approximate surface area is 84.1 Å². The Morgan fingerprint density at radius 1 is 1.40 bits per heavy atom. The van der Waals surface area contributed by atoms with E-state index in [4.69, 9.17) is 5.26 Å². The molecule has 1 aromatic heterocycles. The lowest BCUT2D eigenvalue weighted by Gasteiger charge is -2.10. The van der Waals surface area contributed by atoms with Crippen molar-refractivity contribution in [1.29, 1.82) is 5.26 Å². The van der Waals surface area contributed by atoms with Crippen LogP contribution in [0.2, 0.25) is 0 Å². The summed E-state index contributed by atoms with van der Waals surface area (Å²) in [5, 5.41) is 8.65.